The summed E-state index contributed by atoms with van der Waals surface area (Å²) in [6.45, 7) is 1.25. The molecule has 198 valence electrons. The van der Waals surface area contributed by atoms with Gasteiger partial charge in [-0.15, -0.1) is 11.8 Å². The first-order valence-corrected chi connectivity index (χ1v) is 12.2. The zero-order chi connectivity index (χ0) is 27.7. The van der Waals surface area contributed by atoms with Crippen LogP contribution in [-0.4, -0.2) is 72.4 Å². The third kappa shape index (κ3) is 8.15. The Bertz CT molecular complexity index is 1260. The topological polar surface area (TPSA) is 136 Å². The van der Waals surface area contributed by atoms with Crippen LogP contribution in [0.1, 0.15) is 11.1 Å². The van der Waals surface area contributed by atoms with Crippen LogP contribution in [0.25, 0.3) is 0 Å². The van der Waals surface area contributed by atoms with Crippen LogP contribution in [-0.2, 0) is 11.3 Å². The quantitative estimate of drug-likeness (QED) is 0.150. The van der Waals surface area contributed by atoms with Gasteiger partial charge in [-0.25, -0.2) is 23.6 Å². The molecule has 0 aliphatic carbocycles. The van der Waals surface area contributed by atoms with Gasteiger partial charge >= 0.3 is 6.03 Å². The fraction of sp³-hybridized carbons (Fsp3) is 0.261. The van der Waals surface area contributed by atoms with E-state index in [9.17, 15) is 23.5 Å². The predicted molar refractivity (Wildman–Crippen MR) is 142 cm³/mol. The Balaban J connectivity index is 2.48. The summed E-state index contributed by atoms with van der Waals surface area (Å²) in [4.78, 5) is 39.1. The number of rotatable bonds is 8. The van der Waals surface area contributed by atoms with E-state index in [0.717, 1.165) is 22.9 Å². The number of urea groups is 1. The van der Waals surface area contributed by atoms with E-state index in [4.69, 9.17) is 17.3 Å². The Hall–Kier alpha value is -3.71. The van der Waals surface area contributed by atoms with Gasteiger partial charge in [0.25, 0.3) is 0 Å². The van der Waals surface area contributed by atoms with E-state index >= 15 is 0 Å². The second-order valence-electron chi connectivity index (χ2n) is 7.62. The summed E-state index contributed by atoms with van der Waals surface area (Å²) < 4.78 is 28.0. The van der Waals surface area contributed by atoms with Gasteiger partial charge in [-0.3, -0.25) is 20.0 Å². The molecular formula is C23H26ClF2N7O3S. The number of amides is 3. The summed E-state index contributed by atoms with van der Waals surface area (Å²) in [5.74, 6) is -2.18. The molecule has 0 atom stereocenters. The lowest BCUT2D eigenvalue weighted by Gasteiger charge is -2.24. The molecule has 0 bridgehead atoms. The van der Waals surface area contributed by atoms with Crippen LogP contribution in [0.4, 0.5) is 19.3 Å². The molecule has 14 heteroatoms. The van der Waals surface area contributed by atoms with E-state index in [-0.39, 0.29) is 53.3 Å². The van der Waals surface area contributed by atoms with Crippen LogP contribution < -0.4 is 11.1 Å². The second kappa shape index (κ2) is 13.6. The summed E-state index contributed by atoms with van der Waals surface area (Å²) in [6.07, 6.45) is 3.25. The summed E-state index contributed by atoms with van der Waals surface area (Å²) in [6, 6.07) is 3.95. The normalized spacial score (nSPS) is 12.1. The molecule has 4 N–H and O–H groups in total. The van der Waals surface area contributed by atoms with Gasteiger partial charge in [0.1, 0.15) is 35.2 Å². The van der Waals surface area contributed by atoms with E-state index in [1.807, 2.05) is 13.2 Å². The van der Waals surface area contributed by atoms with Gasteiger partial charge in [-0.2, -0.15) is 0 Å². The first kappa shape index (κ1) is 29.5. The number of phenols is 1. The van der Waals surface area contributed by atoms with E-state index in [0.29, 0.717) is 11.0 Å². The number of phenolic OH excluding ortho intramolecular Hbond substituents is 1. The minimum absolute atomic E-state index is 0.0104. The number of nitrogens with two attached hydrogens (primary N) is 1. The molecule has 0 saturated heterocycles. The number of imide groups is 1. The number of amidine groups is 1. The monoisotopic (exact) mass is 553 g/mol. The number of hydrogen-bond donors (Lipinski definition) is 3. The zero-order valence-electron chi connectivity index (χ0n) is 20.5. The predicted octanol–water partition coefficient (Wildman–Crippen LogP) is 3.66. The highest BCUT2D eigenvalue weighted by Crippen LogP contribution is 2.34. The van der Waals surface area contributed by atoms with Crippen molar-refractivity contribution < 1.29 is 23.5 Å². The molecule has 0 spiro atoms. The molecule has 0 heterocycles. The van der Waals surface area contributed by atoms with Crippen molar-refractivity contribution in [3.8, 4) is 5.75 Å². The molecule has 2 aromatic rings. The highest BCUT2D eigenvalue weighted by molar-refractivity contribution is 7.98. The number of nitrogens with one attached hydrogen (secondary N) is 1. The minimum atomic E-state index is -0.929. The Labute approximate surface area is 221 Å². The molecule has 0 aromatic heterocycles. The summed E-state index contributed by atoms with van der Waals surface area (Å²) in [7, 11) is 2.94. The molecule has 0 saturated carbocycles. The molecule has 37 heavy (non-hydrogen) atoms. The maximum atomic E-state index is 14.4. The van der Waals surface area contributed by atoms with Crippen molar-refractivity contribution in [2.75, 3.05) is 26.9 Å². The number of aliphatic imine (C=N–C) groups is 3. The molecule has 0 aliphatic heterocycles. The largest absolute Gasteiger partial charge is 0.506 e. The number of aromatic hydroxyl groups is 1. The van der Waals surface area contributed by atoms with Crippen molar-refractivity contribution in [3.05, 3.63) is 52.0 Å². The average Bonchev–Trinajstić information content (AvgIpc) is 2.85. The lowest BCUT2D eigenvalue weighted by molar-refractivity contribution is -0.115. The second-order valence-corrected chi connectivity index (χ2v) is 8.87. The van der Waals surface area contributed by atoms with E-state index < -0.39 is 17.7 Å². The fourth-order valence-electron chi connectivity index (χ4n) is 2.98. The van der Waals surface area contributed by atoms with Gasteiger partial charge in [-0.05, 0) is 36.9 Å². The highest BCUT2D eigenvalue weighted by atomic mass is 35.5. The van der Waals surface area contributed by atoms with Crippen molar-refractivity contribution in [1.82, 2.24) is 15.1 Å². The summed E-state index contributed by atoms with van der Waals surface area (Å²) in [5, 5.41) is 12.6. The molecule has 2 aromatic carbocycles. The molecular weight excluding hydrogens is 528 g/mol. The first-order valence-electron chi connectivity index (χ1n) is 10.6. The summed E-state index contributed by atoms with van der Waals surface area (Å²) >= 11 is 7.23. The first-order chi connectivity index (χ1) is 17.5. The Morgan fingerprint density at radius 2 is 1.97 bits per heavy atom. The smallest absolute Gasteiger partial charge is 0.331 e. The van der Waals surface area contributed by atoms with Gasteiger partial charge in [-0.1, -0.05) is 11.6 Å². The van der Waals surface area contributed by atoms with E-state index in [1.54, 1.807) is 6.07 Å². The van der Waals surface area contributed by atoms with Gasteiger partial charge in [0.15, 0.2) is 0 Å². The number of guanidine groups is 1. The lowest BCUT2D eigenvalue weighted by atomic mass is 10.2. The zero-order valence-corrected chi connectivity index (χ0v) is 22.1. The Kier molecular flexibility index (Phi) is 10.8. The van der Waals surface area contributed by atoms with E-state index in [2.05, 4.69) is 20.3 Å². The van der Waals surface area contributed by atoms with E-state index in [1.165, 1.54) is 36.8 Å². The molecule has 2 rings (SSSR count). The Morgan fingerprint density at radius 3 is 2.59 bits per heavy atom. The number of benzene rings is 2. The van der Waals surface area contributed by atoms with Crippen LogP contribution >= 0.6 is 23.4 Å². The average molecular weight is 554 g/mol. The van der Waals surface area contributed by atoms with Crippen molar-refractivity contribution >= 4 is 59.6 Å². The van der Waals surface area contributed by atoms with Crippen molar-refractivity contribution in [3.63, 3.8) is 0 Å². The highest BCUT2D eigenvalue weighted by Gasteiger charge is 2.21. The van der Waals surface area contributed by atoms with Crippen molar-refractivity contribution in [1.29, 1.82) is 0 Å². The molecule has 0 unspecified atom stereocenters. The van der Waals surface area contributed by atoms with Crippen molar-refractivity contribution in [2.24, 2.45) is 20.7 Å². The standard InChI is InChI=1S/C23H26ClF2N7O3S/c1-13-5-19(35)18(8-20(13)37-4)30-22(31-23(36)33(12-34)10-21(27)29-11-28-2)32(3)9-14-6-15(24)17(26)7-16(14)25/h5-8,11-12,35H,9-10H2,1-4H3,(H2,27,28,29)(H,30,31,36). The van der Waals surface area contributed by atoms with Crippen LogP contribution in [0.2, 0.25) is 5.02 Å². The number of halogens is 3. The van der Waals surface area contributed by atoms with Crippen LogP contribution in [0, 0.1) is 18.6 Å². The number of aryl methyl sites for hydroxylation is 1. The van der Waals surface area contributed by atoms with Crippen LogP contribution in [0.3, 0.4) is 0 Å². The minimum Gasteiger partial charge on any atom is -0.506 e. The third-order valence-corrected chi connectivity index (χ3v) is 6.02. The van der Waals surface area contributed by atoms with Gasteiger partial charge in [0, 0.05) is 37.2 Å². The molecule has 0 aliphatic rings. The fourth-order valence-corrected chi connectivity index (χ4v) is 3.78. The van der Waals surface area contributed by atoms with Crippen LogP contribution in [0.5, 0.6) is 5.75 Å². The number of thioether (sulfide) groups is 1. The Morgan fingerprint density at radius 1 is 1.27 bits per heavy atom. The number of carbonyl (C=O) groups is 2. The third-order valence-electron chi connectivity index (χ3n) is 4.86. The lowest BCUT2D eigenvalue weighted by Crippen LogP contribution is -2.49. The maximum Gasteiger partial charge on any atom is 0.331 e. The summed E-state index contributed by atoms with van der Waals surface area (Å²) in [5.41, 5.74) is 6.64. The van der Waals surface area contributed by atoms with Gasteiger partial charge in [0.05, 0.1) is 11.6 Å². The number of nitrogens with zero attached hydrogens (tertiary/aromatic N) is 5. The molecule has 0 radical (unpaired) electrons. The van der Waals surface area contributed by atoms with Crippen LogP contribution in [0.15, 0.2) is 44.1 Å². The van der Waals surface area contributed by atoms with Gasteiger partial charge in [0.2, 0.25) is 12.4 Å². The SMILES string of the molecule is CN=CN=C(N)CN(C=O)C(=O)NC(=Nc1cc(SC)c(C)cc1O)N(C)Cc1cc(Cl)c(F)cc1F. The maximum absolute atomic E-state index is 14.4. The number of carbonyl (C=O) groups excluding carboxylic acids is 2. The van der Waals surface area contributed by atoms with Gasteiger partial charge < -0.3 is 15.7 Å². The molecule has 10 nitrogen and oxygen atoms in total. The molecule has 3 amide bonds. The van der Waals surface area contributed by atoms with Crippen molar-refractivity contribution in [2.45, 2.75) is 18.4 Å². The number of hydrogen-bond acceptors (Lipinski definition) is 6. The molecule has 0 fully saturated rings.